The number of aromatic hydroxyl groups is 3. The minimum absolute atomic E-state index is 0.0114. The van der Waals surface area contributed by atoms with Crippen LogP contribution in [0.25, 0.3) is 83.9 Å². The lowest BCUT2D eigenvalue weighted by Gasteiger charge is -2.45. The summed E-state index contributed by atoms with van der Waals surface area (Å²) in [5, 5.41) is 58.7. The highest BCUT2D eigenvalue weighted by Gasteiger charge is 2.42. The number of piperazine rings is 3. The monoisotopic (exact) mass is 2120 g/mol. The van der Waals surface area contributed by atoms with E-state index < -0.39 is 104 Å². The molecular weight excluding hydrogens is 2030 g/mol. The van der Waals surface area contributed by atoms with Crippen molar-refractivity contribution < 1.29 is 51.7 Å². The van der Waals surface area contributed by atoms with Gasteiger partial charge in [-0.25, -0.2) is 28.1 Å². The highest BCUT2D eigenvalue weighted by molar-refractivity contribution is 6.48. The summed E-state index contributed by atoms with van der Waals surface area (Å²) in [7, 11) is 0. The van der Waals surface area contributed by atoms with Crippen molar-refractivity contribution in [2.45, 2.75) is 158 Å². The van der Waals surface area contributed by atoms with Gasteiger partial charge in [0.2, 0.25) is 29.4 Å². The highest BCUT2D eigenvalue weighted by Crippen LogP contribution is 2.53. The number of halogens is 15. The number of aryl methyl sites for hydroxylation is 3. The Bertz CT molecular complexity index is 6870. The maximum absolute atomic E-state index is 14.8. The quantitative estimate of drug-likeness (QED) is 0.0371. The van der Waals surface area contributed by atoms with Crippen LogP contribution in [0.15, 0.2) is 107 Å². The van der Waals surface area contributed by atoms with Gasteiger partial charge >= 0.3 is 0 Å². The van der Waals surface area contributed by atoms with Gasteiger partial charge < -0.3 is 44.7 Å². The van der Waals surface area contributed by atoms with Gasteiger partial charge in [-0.05, 0) is 151 Å². The predicted molar refractivity (Wildman–Crippen MR) is 542 cm³/mol. The number of nitrogens with zero attached hydrogens (tertiary/aromatic N) is 18. The molecule has 0 radical (unpaired) electrons. The number of carbonyl (C=O) groups excluding carboxylic acids is 3. The summed E-state index contributed by atoms with van der Waals surface area (Å²) in [5.74, 6) is -12.2. The maximum atomic E-state index is 14.8. The smallest absolute Gasteiger partial charge is 0.276 e. The Morgan fingerprint density at radius 3 is 0.844 bits per heavy atom. The van der Waals surface area contributed by atoms with Crippen LogP contribution in [0.4, 0.5) is 39.0 Å². The van der Waals surface area contributed by atoms with Crippen molar-refractivity contribution >= 4 is 184 Å². The molecule has 3 amide bonds. The van der Waals surface area contributed by atoms with E-state index in [0.29, 0.717) is 56.2 Å². The number of hydrogen-bond donors (Lipinski definition) is 3. The van der Waals surface area contributed by atoms with Gasteiger partial charge in [0, 0.05) is 127 Å². The van der Waals surface area contributed by atoms with Crippen LogP contribution in [0.1, 0.15) is 151 Å². The molecule has 3 saturated heterocycles. The minimum Gasteiger partial charge on any atom is -0.504 e. The van der Waals surface area contributed by atoms with Crippen LogP contribution in [-0.2, 0) is 14.4 Å². The van der Waals surface area contributed by atoms with Gasteiger partial charge in [0.15, 0.2) is 34.7 Å². The molecule has 15 rings (SSSR count). The van der Waals surface area contributed by atoms with Gasteiger partial charge in [0.05, 0.1) is 119 Å². The van der Waals surface area contributed by atoms with Crippen LogP contribution in [0.5, 0.6) is 17.2 Å². The number of fused-ring (bicyclic) bond motifs is 3. The third kappa shape index (κ3) is 18.5. The number of carbonyl (C=O) groups is 3. The highest BCUT2D eigenvalue weighted by atomic mass is 35.5. The first kappa shape index (κ1) is 106. The molecule has 0 saturated carbocycles. The predicted octanol–water partition coefficient (Wildman–Crippen LogP) is 22.4. The molecule has 732 valence electrons. The number of anilines is 3. The second-order valence-corrected chi connectivity index (χ2v) is 39.0. The van der Waals surface area contributed by atoms with Gasteiger partial charge in [-0.1, -0.05) is 177 Å². The molecule has 3 N–H and O–H groups in total. The molecule has 12 heterocycles. The largest absolute Gasteiger partial charge is 0.504 e. The standard InChI is InChI=1S/C33H29Cl4FN6O3.2C33H29Cl3F2N6O3/c3*1-7-21(45)43-16(5)12-42(13-17(43)6)30-18-10-20(34)28(22-23(35)25(37)26(38)31(46)24(22)36)41-32(18)44(33(47)19(30)11-39)29-15(4)8-9-40-27(29)14(2)3/h3*7-10,14,16-17,46H,1,12-13H2,2-6H3/t3*16-,17+. The summed E-state index contributed by atoms with van der Waals surface area (Å²) >= 11 is 64.4. The van der Waals surface area contributed by atoms with Gasteiger partial charge in [-0.2, -0.15) is 24.6 Å². The third-order valence-electron chi connectivity index (χ3n) is 24.8. The SMILES string of the molecule is C=CC(=O)N1[C@H](C)CN(c2c(C#N)c(=O)n(-c3c(C)ccnc3C(C)C)c3nc(-c4c(Cl)c(O)c(F)c(Cl)c4Cl)c(Cl)cc23)C[C@@H]1C.C=CC(=O)N1[C@H](C)CN(c2c(C#N)c(=O)n(-c3c(C)ccnc3C(C)C)c3nc(-c4c(Cl)c(O)c(F)c(F)c4Cl)c(Cl)cc23)C[C@@H]1C.C=CC(=O)N1[C@H](C)CN(c2c(C#N)c(=O)n(-c3c(C)ccnc3C(C)C)c3nc(-c4c(Cl)c(O)c(F)c(F)c4Cl)c(Cl)cc23)C[C@@H]1C. The van der Waals surface area contributed by atoms with E-state index in [1.807, 2.05) is 105 Å². The van der Waals surface area contributed by atoms with Crippen molar-refractivity contribution in [3.63, 3.8) is 0 Å². The second-order valence-electron chi connectivity index (χ2n) is 35.1. The van der Waals surface area contributed by atoms with Crippen LogP contribution >= 0.6 is 116 Å². The van der Waals surface area contributed by atoms with E-state index in [1.165, 1.54) is 50.1 Å². The third-order valence-corrected chi connectivity index (χ3v) is 28.3. The molecule has 12 aromatic rings. The lowest BCUT2D eigenvalue weighted by Crippen LogP contribution is -2.58. The van der Waals surface area contributed by atoms with Gasteiger partial charge in [0.1, 0.15) is 51.8 Å². The number of hydrogen-bond acceptors (Lipinski definition) is 21. The summed E-state index contributed by atoms with van der Waals surface area (Å²) in [4.78, 5) is 120. The summed E-state index contributed by atoms with van der Waals surface area (Å²) in [6.45, 7) is 40.2. The minimum atomic E-state index is -1.65. The Hall–Kier alpha value is -12.4. The Morgan fingerprint density at radius 2 is 0.617 bits per heavy atom. The first-order chi connectivity index (χ1) is 66.5. The Kier molecular flexibility index (Phi) is 31.3. The van der Waals surface area contributed by atoms with Crippen LogP contribution in [0.3, 0.4) is 0 Å². The Morgan fingerprint density at radius 1 is 0.383 bits per heavy atom. The number of pyridine rings is 9. The summed E-state index contributed by atoms with van der Waals surface area (Å²) in [6, 6.07) is 13.8. The van der Waals surface area contributed by atoms with E-state index >= 15 is 0 Å². The van der Waals surface area contributed by atoms with Crippen LogP contribution in [0.2, 0.25) is 50.2 Å². The normalized spacial score (nSPS) is 16.6. The van der Waals surface area contributed by atoms with Crippen molar-refractivity contribution in [1.29, 1.82) is 15.8 Å². The number of amides is 3. The number of nitriles is 3. The molecule has 3 fully saturated rings. The van der Waals surface area contributed by atoms with Crippen LogP contribution in [0, 0.1) is 83.9 Å². The van der Waals surface area contributed by atoms with Gasteiger partial charge in [-0.15, -0.1) is 0 Å². The molecule has 0 bridgehead atoms. The molecule has 9 aromatic heterocycles. The topological polar surface area (TPSA) is 346 Å². The molecule has 141 heavy (non-hydrogen) atoms. The van der Waals surface area contributed by atoms with E-state index in [1.54, 1.807) is 65.3 Å². The van der Waals surface area contributed by atoms with Crippen molar-refractivity contribution in [1.82, 2.24) is 58.3 Å². The van der Waals surface area contributed by atoms with Crippen LogP contribution in [-0.4, -0.2) is 167 Å². The van der Waals surface area contributed by atoms with Crippen molar-refractivity contribution in [2.75, 3.05) is 54.0 Å². The van der Waals surface area contributed by atoms with Gasteiger partial charge in [0.25, 0.3) is 16.7 Å². The molecule has 6 atom stereocenters. The fourth-order valence-electron chi connectivity index (χ4n) is 18.7. The Labute approximate surface area is 855 Å². The van der Waals surface area contributed by atoms with E-state index in [-0.39, 0.29) is 215 Å². The number of rotatable bonds is 15. The lowest BCUT2D eigenvalue weighted by molar-refractivity contribution is -0.131. The van der Waals surface area contributed by atoms with Crippen LogP contribution < -0.4 is 31.4 Å². The first-order valence-electron chi connectivity index (χ1n) is 43.7. The zero-order valence-electron chi connectivity index (χ0n) is 78.0. The number of benzene rings is 3. The summed E-state index contributed by atoms with van der Waals surface area (Å²) in [5.41, 5.74) is 1.32. The van der Waals surface area contributed by atoms with E-state index in [4.69, 9.17) is 131 Å². The van der Waals surface area contributed by atoms with Gasteiger partial charge in [-0.3, -0.25) is 57.4 Å². The molecule has 3 aliphatic rings. The molecule has 42 heteroatoms. The van der Waals surface area contributed by atoms with Crippen molar-refractivity contribution in [2.24, 2.45) is 0 Å². The molecule has 3 aromatic carbocycles. The second kappa shape index (κ2) is 41.7. The molecule has 0 aliphatic carbocycles. The van der Waals surface area contributed by atoms with E-state index in [9.17, 15) is 81.8 Å². The zero-order valence-corrected chi connectivity index (χ0v) is 85.6. The van der Waals surface area contributed by atoms with Crippen molar-refractivity contribution in [3.05, 3.63) is 254 Å². The fourth-order valence-corrected chi connectivity index (χ4v) is 21.4. The molecule has 0 unspecified atom stereocenters. The summed E-state index contributed by atoms with van der Waals surface area (Å²) in [6.07, 6.45) is 8.57. The Balaban J connectivity index is 0.000000178. The zero-order chi connectivity index (χ0) is 104. The fraction of sp³-hybridized carbons (Fsp3) is 0.303. The van der Waals surface area contributed by atoms with E-state index in [0.717, 1.165) is 0 Å². The number of phenolic OH excluding ortho intramolecular Hbond substituents is 3. The van der Waals surface area contributed by atoms with Crippen molar-refractivity contribution in [3.8, 4) is 86.3 Å². The molecule has 0 spiro atoms. The lowest BCUT2D eigenvalue weighted by atomic mass is 10.0. The maximum Gasteiger partial charge on any atom is 0.276 e. The number of aromatic nitrogens is 9. The molecule has 3 aliphatic heterocycles. The average Bonchev–Trinajstić information content (AvgIpc) is 0.725. The molecule has 27 nitrogen and oxygen atoms in total. The summed E-state index contributed by atoms with van der Waals surface area (Å²) < 4.78 is 76.7. The van der Waals surface area contributed by atoms with E-state index in [2.05, 4.69) is 52.9 Å². The molecular formula is C99H87Cl10F5N18O9. The first-order valence-corrected chi connectivity index (χ1v) is 47.5. The number of phenols is 3. The average molecular weight is 2120 g/mol.